The number of anilines is 4. The number of carboxylic acid groups (broad SMARTS) is 1. The Morgan fingerprint density at radius 2 is 1.44 bits per heavy atom. The maximum atomic E-state index is 15.4. The highest BCUT2D eigenvalue weighted by molar-refractivity contribution is 8.00. The smallest absolute Gasteiger partial charge is 0.478 e. The second-order valence-electron chi connectivity index (χ2n) is 14.4. The Morgan fingerprint density at radius 1 is 0.774 bits per heavy atom. The number of rotatable bonds is 15. The second kappa shape index (κ2) is 18.8. The third-order valence-corrected chi connectivity index (χ3v) is 13.9. The standard InChI is InChI=1S/C45H42F5N5O4S3/c1-3-55-29(2)41(44(56)57)42(43(55)30-9-11-32(46)12-10-30)31-25-33(47)27-36(26-31)54-22-20-53(21-23-54)35-15-13-34(14-16-35)52-61-38-17-18-39(40(28-38)62(58,59)45(48,49)50)51-19-24-60-37-7-5-4-6-8-37/h4-18,25-28,51-52H,3,19-24H2,1-2H3,(H,56,57). The molecule has 17 heteroatoms. The van der Waals surface area contributed by atoms with Crippen LogP contribution in [0.4, 0.5) is 44.7 Å². The molecule has 3 N–H and O–H groups in total. The highest BCUT2D eigenvalue weighted by Crippen LogP contribution is 2.42. The number of benzene rings is 5. The van der Waals surface area contributed by atoms with Gasteiger partial charge in [-0.15, -0.1) is 11.8 Å². The van der Waals surface area contributed by atoms with Crippen LogP contribution in [0.5, 0.6) is 0 Å². The molecule has 1 aliphatic heterocycles. The Hall–Kier alpha value is -5.65. The Kier molecular flexibility index (Phi) is 13.4. The van der Waals surface area contributed by atoms with E-state index >= 15 is 4.39 Å². The van der Waals surface area contributed by atoms with E-state index in [2.05, 4.69) is 14.9 Å². The van der Waals surface area contributed by atoms with Crippen molar-refractivity contribution >= 4 is 62.3 Å². The van der Waals surface area contributed by atoms with E-state index in [1.165, 1.54) is 42.1 Å². The van der Waals surface area contributed by atoms with Gasteiger partial charge in [0, 0.05) is 83.1 Å². The summed E-state index contributed by atoms with van der Waals surface area (Å²) in [5, 5.41) is 13.2. The molecular formula is C45H42F5N5O4S3. The van der Waals surface area contributed by atoms with Crippen molar-refractivity contribution in [2.45, 2.75) is 40.6 Å². The number of carboxylic acids is 1. The number of piperazine rings is 1. The van der Waals surface area contributed by atoms with Gasteiger partial charge in [0.25, 0.3) is 9.84 Å². The van der Waals surface area contributed by atoms with Crippen molar-refractivity contribution in [1.82, 2.24) is 4.57 Å². The predicted octanol–water partition coefficient (Wildman–Crippen LogP) is 11.1. The monoisotopic (exact) mass is 907 g/mol. The molecule has 1 saturated heterocycles. The molecule has 6 aromatic rings. The van der Waals surface area contributed by atoms with Gasteiger partial charge >= 0.3 is 11.5 Å². The molecule has 0 aliphatic carbocycles. The van der Waals surface area contributed by atoms with E-state index in [4.69, 9.17) is 0 Å². The topological polar surface area (TPSA) is 107 Å². The van der Waals surface area contributed by atoms with Crippen molar-refractivity contribution in [2.75, 3.05) is 58.3 Å². The first-order chi connectivity index (χ1) is 29.6. The summed E-state index contributed by atoms with van der Waals surface area (Å²) >= 11 is 2.47. The first-order valence-electron chi connectivity index (χ1n) is 19.6. The number of aromatic nitrogens is 1. The van der Waals surface area contributed by atoms with Crippen LogP contribution in [0, 0.1) is 18.6 Å². The average Bonchev–Trinajstić information content (AvgIpc) is 3.57. The summed E-state index contributed by atoms with van der Waals surface area (Å²) in [4.78, 5) is 17.3. The van der Waals surface area contributed by atoms with Crippen LogP contribution in [-0.4, -0.2) is 68.0 Å². The molecule has 0 saturated carbocycles. The van der Waals surface area contributed by atoms with Crippen molar-refractivity contribution in [3.63, 3.8) is 0 Å². The first-order valence-corrected chi connectivity index (χ1v) is 22.9. The molecule has 1 aromatic heterocycles. The lowest BCUT2D eigenvalue weighted by molar-refractivity contribution is -0.0435. The molecule has 0 unspecified atom stereocenters. The normalized spacial score (nSPS) is 13.3. The lowest BCUT2D eigenvalue weighted by Crippen LogP contribution is -2.46. The number of hydrogen-bond donors (Lipinski definition) is 3. The molecule has 7 rings (SSSR count). The minimum Gasteiger partial charge on any atom is -0.478 e. The van der Waals surface area contributed by atoms with E-state index in [1.54, 1.807) is 31.2 Å². The Labute approximate surface area is 365 Å². The highest BCUT2D eigenvalue weighted by Gasteiger charge is 2.48. The molecule has 62 heavy (non-hydrogen) atoms. The first kappa shape index (κ1) is 44.4. The van der Waals surface area contributed by atoms with Crippen LogP contribution in [0.15, 0.2) is 130 Å². The fraction of sp³-hybridized carbons (Fsp3) is 0.222. The van der Waals surface area contributed by atoms with Gasteiger partial charge in [-0.2, -0.15) is 13.2 Å². The summed E-state index contributed by atoms with van der Waals surface area (Å²) < 4.78 is 101. The summed E-state index contributed by atoms with van der Waals surface area (Å²) in [6.07, 6.45) is 0. The van der Waals surface area contributed by atoms with Crippen molar-refractivity contribution in [3.05, 3.63) is 138 Å². The van der Waals surface area contributed by atoms with Crippen molar-refractivity contribution < 1.29 is 40.3 Å². The van der Waals surface area contributed by atoms with Gasteiger partial charge in [-0.1, -0.05) is 18.2 Å². The number of nitrogens with one attached hydrogen (secondary N) is 2. The molecule has 0 amide bonds. The maximum absolute atomic E-state index is 15.4. The van der Waals surface area contributed by atoms with Gasteiger partial charge in [-0.25, -0.2) is 22.0 Å². The van der Waals surface area contributed by atoms with E-state index < -0.39 is 37.8 Å². The number of alkyl halides is 3. The SMILES string of the molecule is CCn1c(C)c(C(=O)O)c(-c2cc(F)cc(N3CCN(c4ccc(NSc5ccc(NCCSc6ccccc6)c(S(=O)(=O)C(F)(F)F)c5)cc4)CC3)c2)c1-c1ccc(F)cc1. The van der Waals surface area contributed by atoms with Crippen LogP contribution in [0.3, 0.4) is 0 Å². The van der Waals surface area contributed by atoms with Crippen molar-refractivity contribution in [2.24, 2.45) is 0 Å². The lowest BCUT2D eigenvalue weighted by Gasteiger charge is -2.37. The molecule has 1 fully saturated rings. The fourth-order valence-electron chi connectivity index (χ4n) is 7.50. The van der Waals surface area contributed by atoms with Gasteiger partial charge in [-0.05, 0) is 134 Å². The quantitative estimate of drug-likeness (QED) is 0.0399. The largest absolute Gasteiger partial charge is 0.501 e. The molecule has 5 aromatic carbocycles. The van der Waals surface area contributed by atoms with Gasteiger partial charge in [0.15, 0.2) is 0 Å². The third kappa shape index (κ3) is 9.69. The molecule has 1 aliphatic rings. The van der Waals surface area contributed by atoms with Crippen LogP contribution in [0.2, 0.25) is 0 Å². The van der Waals surface area contributed by atoms with E-state index in [1.807, 2.05) is 71.0 Å². The van der Waals surface area contributed by atoms with Crippen LogP contribution >= 0.6 is 23.7 Å². The van der Waals surface area contributed by atoms with Gasteiger partial charge in [0.05, 0.1) is 16.9 Å². The van der Waals surface area contributed by atoms with Gasteiger partial charge in [0.1, 0.15) is 16.5 Å². The molecular weight excluding hydrogens is 866 g/mol. The molecule has 0 radical (unpaired) electrons. The number of nitrogens with zero attached hydrogens (tertiary/aromatic N) is 3. The minimum atomic E-state index is -5.65. The molecule has 0 atom stereocenters. The number of sulfone groups is 1. The summed E-state index contributed by atoms with van der Waals surface area (Å²) in [7, 11) is -5.65. The summed E-state index contributed by atoms with van der Waals surface area (Å²) in [6, 6.07) is 31.1. The highest BCUT2D eigenvalue weighted by atomic mass is 32.2. The van der Waals surface area contributed by atoms with Gasteiger partial charge in [0.2, 0.25) is 0 Å². The zero-order valence-electron chi connectivity index (χ0n) is 33.5. The molecule has 324 valence electrons. The molecule has 9 nitrogen and oxygen atoms in total. The van der Waals surface area contributed by atoms with Crippen LogP contribution in [0.1, 0.15) is 23.0 Å². The van der Waals surface area contributed by atoms with Crippen LogP contribution in [-0.2, 0) is 16.4 Å². The number of halogens is 5. The summed E-state index contributed by atoms with van der Waals surface area (Å²) in [5.74, 6) is -1.60. The minimum absolute atomic E-state index is 0.0540. The number of carbonyl (C=O) groups is 1. The second-order valence-corrected chi connectivity index (χ2v) is 18.3. The van der Waals surface area contributed by atoms with Gasteiger partial charge in [-0.3, -0.25) is 0 Å². The average molecular weight is 908 g/mol. The van der Waals surface area contributed by atoms with E-state index in [0.717, 1.165) is 28.6 Å². The van der Waals surface area contributed by atoms with Gasteiger partial charge < -0.3 is 29.5 Å². The molecule has 2 heterocycles. The van der Waals surface area contributed by atoms with Crippen LogP contribution in [0.25, 0.3) is 22.4 Å². The summed E-state index contributed by atoms with van der Waals surface area (Å²) in [5.41, 5.74) is -0.985. The van der Waals surface area contributed by atoms with Crippen LogP contribution < -0.4 is 19.8 Å². The Bertz CT molecular complexity index is 2650. The Morgan fingerprint density at radius 3 is 2.06 bits per heavy atom. The Balaban J connectivity index is 1.01. The predicted molar refractivity (Wildman–Crippen MR) is 238 cm³/mol. The molecule has 0 spiro atoms. The fourth-order valence-corrected chi connectivity index (χ4v) is 10.0. The van der Waals surface area contributed by atoms with E-state index in [0.29, 0.717) is 77.9 Å². The van der Waals surface area contributed by atoms with Crippen molar-refractivity contribution in [3.8, 4) is 22.4 Å². The van der Waals surface area contributed by atoms with E-state index in [9.17, 15) is 35.9 Å². The number of aromatic carboxylic acids is 1. The van der Waals surface area contributed by atoms with Crippen molar-refractivity contribution in [1.29, 1.82) is 0 Å². The molecule has 0 bridgehead atoms. The number of thioether (sulfide) groups is 1. The lowest BCUT2D eigenvalue weighted by atomic mass is 9.96. The summed E-state index contributed by atoms with van der Waals surface area (Å²) in [6.45, 7) is 6.51. The third-order valence-electron chi connectivity index (χ3n) is 10.5. The van der Waals surface area contributed by atoms with E-state index in [-0.39, 0.29) is 22.7 Å². The zero-order valence-corrected chi connectivity index (χ0v) is 36.0. The zero-order chi connectivity index (χ0) is 44.2. The maximum Gasteiger partial charge on any atom is 0.501 e. The number of hydrogen-bond acceptors (Lipinski definition) is 9.